The van der Waals surface area contributed by atoms with E-state index >= 15 is 0 Å². The summed E-state index contributed by atoms with van der Waals surface area (Å²) in [5.74, 6) is -0.375. The quantitative estimate of drug-likeness (QED) is 0.729. The van der Waals surface area contributed by atoms with Crippen molar-refractivity contribution in [2.75, 3.05) is 6.54 Å². The third-order valence-electron chi connectivity index (χ3n) is 3.48. The second-order valence-corrected chi connectivity index (χ2v) is 4.62. The molecule has 7 heteroatoms. The lowest BCUT2D eigenvalue weighted by Gasteiger charge is -2.17. The predicted octanol–water partition coefficient (Wildman–Crippen LogP) is 3.02. The van der Waals surface area contributed by atoms with Crippen LogP contribution in [0.3, 0.4) is 0 Å². The minimum Gasteiger partial charge on any atom is -0.494 e. The van der Waals surface area contributed by atoms with Gasteiger partial charge in [0.05, 0.1) is 17.5 Å². The number of nitrogens with one attached hydrogen (secondary N) is 1. The highest BCUT2D eigenvalue weighted by molar-refractivity contribution is 5.96. The Labute approximate surface area is 112 Å². The van der Waals surface area contributed by atoms with Crippen molar-refractivity contribution in [1.29, 1.82) is 0 Å². The maximum absolute atomic E-state index is 13.1. The van der Waals surface area contributed by atoms with E-state index in [9.17, 15) is 18.3 Å². The molecule has 0 unspecified atom stereocenters. The highest BCUT2D eigenvalue weighted by Crippen LogP contribution is 2.44. The second kappa shape index (κ2) is 4.15. The number of halogens is 3. The average Bonchev–Trinajstić information content (AvgIpc) is 2.71. The molecular weight excluding hydrogens is 271 g/mol. The van der Waals surface area contributed by atoms with Crippen LogP contribution in [0, 0.1) is 6.57 Å². The van der Waals surface area contributed by atoms with Gasteiger partial charge in [0.15, 0.2) is 11.6 Å². The minimum absolute atomic E-state index is 0.0798. The van der Waals surface area contributed by atoms with Crippen LogP contribution in [0.25, 0.3) is 15.6 Å². The van der Waals surface area contributed by atoms with Gasteiger partial charge >= 0.3 is 6.18 Å². The van der Waals surface area contributed by atoms with Gasteiger partial charge in [-0.25, -0.2) is 4.85 Å². The Morgan fingerprint density at radius 2 is 2.10 bits per heavy atom. The van der Waals surface area contributed by atoms with Gasteiger partial charge in [-0.15, -0.1) is 0 Å². The van der Waals surface area contributed by atoms with Gasteiger partial charge in [0.1, 0.15) is 0 Å². The summed E-state index contributed by atoms with van der Waals surface area (Å²) in [6, 6.07) is 2.19. The molecule has 0 bridgehead atoms. The second-order valence-electron chi connectivity index (χ2n) is 4.62. The molecule has 1 aromatic carbocycles. The lowest BCUT2D eigenvalue weighted by molar-refractivity contribution is -0.136. The normalized spacial score (nSPS) is 15.1. The lowest BCUT2D eigenvalue weighted by atomic mass is 10.0. The molecule has 4 nitrogen and oxygen atoms in total. The lowest BCUT2D eigenvalue weighted by Crippen LogP contribution is -2.27. The number of aromatic nitrogens is 1. The molecule has 0 aliphatic carbocycles. The van der Waals surface area contributed by atoms with Gasteiger partial charge in [0.25, 0.3) is 0 Å². The van der Waals surface area contributed by atoms with Crippen molar-refractivity contribution < 1.29 is 18.3 Å². The van der Waals surface area contributed by atoms with E-state index in [1.54, 1.807) is 0 Å². The van der Waals surface area contributed by atoms with E-state index in [1.165, 1.54) is 10.6 Å². The van der Waals surface area contributed by atoms with Gasteiger partial charge in [-0.05, 0) is 17.5 Å². The zero-order chi connectivity index (χ0) is 14.5. The van der Waals surface area contributed by atoms with E-state index in [2.05, 4.69) is 10.2 Å². The topological polar surface area (TPSA) is 41.5 Å². The molecule has 2 aromatic rings. The first kappa shape index (κ1) is 12.8. The third-order valence-corrected chi connectivity index (χ3v) is 3.48. The molecule has 0 atom stereocenters. The molecule has 1 aliphatic rings. The Bertz CT molecular complexity index is 740. The molecular formula is C13H10F3N3O. The SMILES string of the molecule is [C-]#[N+]c1cc(C(F)(F)F)c2c(O)n3c(c2c1)CNCC3. The fraction of sp³-hybridized carbons (Fsp3) is 0.308. The zero-order valence-corrected chi connectivity index (χ0v) is 10.3. The number of rotatable bonds is 0. The fourth-order valence-corrected chi connectivity index (χ4v) is 2.62. The van der Waals surface area contributed by atoms with Crippen molar-refractivity contribution in [3.63, 3.8) is 0 Å². The number of nitrogens with zero attached hydrogens (tertiary/aromatic N) is 2. The summed E-state index contributed by atoms with van der Waals surface area (Å²) in [4.78, 5) is 3.09. The van der Waals surface area contributed by atoms with Crippen LogP contribution in [0.4, 0.5) is 18.9 Å². The van der Waals surface area contributed by atoms with E-state index in [1.807, 2.05) is 0 Å². The van der Waals surface area contributed by atoms with Gasteiger partial charge in [-0.2, -0.15) is 13.2 Å². The number of benzene rings is 1. The van der Waals surface area contributed by atoms with Crippen molar-refractivity contribution in [2.45, 2.75) is 19.3 Å². The van der Waals surface area contributed by atoms with Gasteiger partial charge in [-0.3, -0.25) is 0 Å². The van der Waals surface area contributed by atoms with Gasteiger partial charge in [-0.1, -0.05) is 0 Å². The smallest absolute Gasteiger partial charge is 0.416 e. The van der Waals surface area contributed by atoms with Gasteiger partial charge in [0.2, 0.25) is 0 Å². The van der Waals surface area contributed by atoms with Gasteiger partial charge in [0, 0.05) is 25.3 Å². The van der Waals surface area contributed by atoms with Gasteiger partial charge < -0.3 is 15.0 Å². The maximum atomic E-state index is 13.1. The van der Waals surface area contributed by atoms with Crippen LogP contribution in [0.1, 0.15) is 11.3 Å². The first-order valence-corrected chi connectivity index (χ1v) is 5.97. The summed E-state index contributed by atoms with van der Waals surface area (Å²) in [6.45, 7) is 8.30. The molecule has 2 heterocycles. The highest BCUT2D eigenvalue weighted by atomic mass is 19.4. The molecule has 0 amide bonds. The van der Waals surface area contributed by atoms with Crippen LogP contribution in [0.2, 0.25) is 0 Å². The van der Waals surface area contributed by atoms with E-state index in [0.717, 1.165) is 6.07 Å². The largest absolute Gasteiger partial charge is 0.494 e. The predicted molar refractivity (Wildman–Crippen MR) is 66.6 cm³/mol. The Hall–Kier alpha value is -2.20. The first-order chi connectivity index (χ1) is 9.43. The van der Waals surface area contributed by atoms with Crippen LogP contribution >= 0.6 is 0 Å². The number of hydrogen-bond acceptors (Lipinski definition) is 2. The molecule has 0 saturated carbocycles. The third kappa shape index (κ3) is 1.72. The first-order valence-electron chi connectivity index (χ1n) is 5.97. The number of alkyl halides is 3. The summed E-state index contributed by atoms with van der Waals surface area (Å²) in [7, 11) is 0. The van der Waals surface area contributed by atoms with Crippen LogP contribution in [0.15, 0.2) is 12.1 Å². The molecule has 104 valence electrons. The summed E-state index contributed by atoms with van der Waals surface area (Å²) >= 11 is 0. The van der Waals surface area contributed by atoms with Crippen LogP contribution in [0.5, 0.6) is 5.88 Å². The van der Waals surface area contributed by atoms with Crippen molar-refractivity contribution in [1.82, 2.24) is 9.88 Å². The average molecular weight is 281 g/mol. The van der Waals surface area contributed by atoms with Crippen molar-refractivity contribution in [2.24, 2.45) is 0 Å². The fourth-order valence-electron chi connectivity index (χ4n) is 2.62. The van der Waals surface area contributed by atoms with E-state index in [0.29, 0.717) is 25.3 Å². The van der Waals surface area contributed by atoms with E-state index in [-0.39, 0.29) is 22.3 Å². The molecule has 0 saturated heterocycles. The Balaban J connectivity index is 2.45. The molecule has 2 N–H and O–H groups in total. The van der Waals surface area contributed by atoms with E-state index < -0.39 is 11.7 Å². The molecule has 3 rings (SSSR count). The van der Waals surface area contributed by atoms with Crippen molar-refractivity contribution in [3.8, 4) is 5.88 Å². The zero-order valence-electron chi connectivity index (χ0n) is 10.3. The monoisotopic (exact) mass is 281 g/mol. The minimum atomic E-state index is -4.61. The molecule has 1 aliphatic heterocycles. The number of fused-ring (bicyclic) bond motifs is 3. The summed E-state index contributed by atoms with van der Waals surface area (Å²) in [5.41, 5.74) is -0.455. The van der Waals surface area contributed by atoms with Crippen LogP contribution in [-0.2, 0) is 19.3 Å². The van der Waals surface area contributed by atoms with Crippen LogP contribution < -0.4 is 5.32 Å². The standard InChI is InChI=1S/C13H10F3N3O/c1-17-7-4-8-10-6-18-2-3-19(10)12(20)11(8)9(5-7)13(14,15)16/h4-5,18,20H,2-3,6H2. The molecule has 0 spiro atoms. The number of hydrogen-bond donors (Lipinski definition) is 2. The molecule has 20 heavy (non-hydrogen) atoms. The van der Waals surface area contributed by atoms with Crippen molar-refractivity contribution >= 4 is 16.5 Å². The number of aromatic hydroxyl groups is 1. The molecule has 1 aromatic heterocycles. The molecule has 0 radical (unpaired) electrons. The summed E-state index contributed by atoms with van der Waals surface area (Å²) in [5, 5.41) is 13.2. The Morgan fingerprint density at radius 3 is 2.75 bits per heavy atom. The molecule has 0 fully saturated rings. The Morgan fingerprint density at radius 1 is 1.35 bits per heavy atom. The maximum Gasteiger partial charge on any atom is 0.416 e. The van der Waals surface area contributed by atoms with Crippen LogP contribution in [-0.4, -0.2) is 16.2 Å². The highest BCUT2D eigenvalue weighted by Gasteiger charge is 2.36. The summed E-state index contributed by atoms with van der Waals surface area (Å²) < 4.78 is 40.9. The Kier molecular flexibility index (Phi) is 2.66. The van der Waals surface area contributed by atoms with E-state index in [4.69, 9.17) is 6.57 Å². The van der Waals surface area contributed by atoms with Crippen molar-refractivity contribution in [3.05, 3.63) is 34.8 Å². The summed E-state index contributed by atoms with van der Waals surface area (Å²) in [6.07, 6.45) is -4.61.